The summed E-state index contributed by atoms with van der Waals surface area (Å²) in [6.07, 6.45) is 8.48. The van der Waals surface area contributed by atoms with Crippen molar-refractivity contribution >= 4 is 5.69 Å². The molecule has 0 amide bonds. The van der Waals surface area contributed by atoms with Crippen molar-refractivity contribution in [1.29, 1.82) is 0 Å². The van der Waals surface area contributed by atoms with Crippen LogP contribution in [0, 0.1) is 0 Å². The van der Waals surface area contributed by atoms with Crippen molar-refractivity contribution in [1.82, 2.24) is 19.7 Å². The molecule has 0 fully saturated rings. The Morgan fingerprint density at radius 2 is 2.40 bits per heavy atom. The van der Waals surface area contributed by atoms with Gasteiger partial charge in [-0.1, -0.05) is 6.92 Å². The quantitative estimate of drug-likeness (QED) is 0.780. The molecule has 0 aliphatic rings. The second-order valence-electron chi connectivity index (χ2n) is 3.42. The Kier molecular flexibility index (Phi) is 3.02. The first kappa shape index (κ1) is 9.76. The van der Waals surface area contributed by atoms with Crippen LogP contribution in [0.15, 0.2) is 24.9 Å². The Balaban J connectivity index is 1.95. The number of aromatic nitrogens is 4. The molecule has 0 radical (unpaired) electrons. The molecule has 0 atom stereocenters. The lowest BCUT2D eigenvalue weighted by Gasteiger charge is -2.07. The zero-order chi connectivity index (χ0) is 10.5. The number of H-pyrrole nitrogens is 1. The molecule has 80 valence electrons. The molecule has 0 aliphatic carbocycles. The fourth-order valence-electron chi connectivity index (χ4n) is 1.48. The zero-order valence-electron chi connectivity index (χ0n) is 8.77. The van der Waals surface area contributed by atoms with Gasteiger partial charge in [0.1, 0.15) is 0 Å². The van der Waals surface area contributed by atoms with Crippen LogP contribution in [0.25, 0.3) is 0 Å². The Labute approximate surface area is 88.5 Å². The van der Waals surface area contributed by atoms with E-state index in [1.54, 1.807) is 6.20 Å². The maximum absolute atomic E-state index is 4.14. The monoisotopic (exact) mass is 205 g/mol. The summed E-state index contributed by atoms with van der Waals surface area (Å²) >= 11 is 0. The molecule has 5 heteroatoms. The summed E-state index contributed by atoms with van der Waals surface area (Å²) in [5.74, 6) is 0. The molecule has 2 N–H and O–H groups in total. The fourth-order valence-corrected chi connectivity index (χ4v) is 1.48. The van der Waals surface area contributed by atoms with Gasteiger partial charge in [-0.3, -0.25) is 5.10 Å². The van der Waals surface area contributed by atoms with Crippen molar-refractivity contribution in [3.05, 3.63) is 30.6 Å². The van der Waals surface area contributed by atoms with Crippen molar-refractivity contribution in [3.8, 4) is 0 Å². The molecule has 0 aliphatic heterocycles. The number of aryl methyl sites for hydroxylation is 1. The van der Waals surface area contributed by atoms with Crippen molar-refractivity contribution in [2.45, 2.75) is 26.4 Å². The maximum Gasteiger partial charge on any atom is 0.0948 e. The highest BCUT2D eigenvalue weighted by molar-refractivity contribution is 5.37. The predicted molar refractivity (Wildman–Crippen MR) is 58.4 cm³/mol. The molecular formula is C10H15N5. The highest BCUT2D eigenvalue weighted by Crippen LogP contribution is 2.06. The lowest BCUT2D eigenvalue weighted by molar-refractivity contribution is 0.651. The normalized spacial score (nSPS) is 10.5. The van der Waals surface area contributed by atoms with E-state index in [-0.39, 0.29) is 0 Å². The fraction of sp³-hybridized carbons (Fsp3) is 0.400. The first-order chi connectivity index (χ1) is 7.40. The van der Waals surface area contributed by atoms with E-state index in [0.717, 1.165) is 25.2 Å². The molecule has 2 heterocycles. The summed E-state index contributed by atoms with van der Waals surface area (Å²) in [6.45, 7) is 3.95. The van der Waals surface area contributed by atoms with E-state index >= 15 is 0 Å². The van der Waals surface area contributed by atoms with E-state index in [0.29, 0.717) is 0 Å². The first-order valence-electron chi connectivity index (χ1n) is 5.12. The molecule has 2 rings (SSSR count). The Morgan fingerprint density at radius 1 is 1.47 bits per heavy atom. The standard InChI is InChI=1S/C10H15N5/c1-2-3-15-8-11-6-10(15)7-12-9-4-13-14-5-9/h4-6,8,12H,2-3,7H2,1H3,(H,13,14). The van der Waals surface area contributed by atoms with Crippen molar-refractivity contribution < 1.29 is 0 Å². The third-order valence-electron chi connectivity index (χ3n) is 2.23. The third kappa shape index (κ3) is 2.37. The summed E-state index contributed by atoms with van der Waals surface area (Å²) < 4.78 is 2.16. The van der Waals surface area contributed by atoms with Gasteiger partial charge in [-0.15, -0.1) is 0 Å². The van der Waals surface area contributed by atoms with Gasteiger partial charge in [0.25, 0.3) is 0 Å². The number of hydrogen-bond donors (Lipinski definition) is 2. The minimum absolute atomic E-state index is 0.777. The number of rotatable bonds is 5. The largest absolute Gasteiger partial charge is 0.377 e. The van der Waals surface area contributed by atoms with E-state index in [9.17, 15) is 0 Å². The number of nitrogens with zero attached hydrogens (tertiary/aromatic N) is 3. The molecule has 2 aromatic rings. The van der Waals surface area contributed by atoms with Crippen LogP contribution < -0.4 is 5.32 Å². The molecule has 2 aromatic heterocycles. The molecule has 0 spiro atoms. The maximum atomic E-state index is 4.14. The Morgan fingerprint density at radius 3 is 3.13 bits per heavy atom. The van der Waals surface area contributed by atoms with Crippen molar-refractivity contribution in [3.63, 3.8) is 0 Å². The second kappa shape index (κ2) is 4.63. The second-order valence-corrected chi connectivity index (χ2v) is 3.42. The molecular weight excluding hydrogens is 190 g/mol. The number of nitrogens with one attached hydrogen (secondary N) is 2. The number of anilines is 1. The summed E-state index contributed by atoms with van der Waals surface area (Å²) in [5.41, 5.74) is 2.19. The molecule has 5 nitrogen and oxygen atoms in total. The van der Waals surface area contributed by atoms with Crippen LogP contribution >= 0.6 is 0 Å². The van der Waals surface area contributed by atoms with Crippen LogP contribution in [0.3, 0.4) is 0 Å². The highest BCUT2D eigenvalue weighted by Gasteiger charge is 2.00. The van der Waals surface area contributed by atoms with Crippen molar-refractivity contribution in [2.75, 3.05) is 5.32 Å². The van der Waals surface area contributed by atoms with E-state index in [4.69, 9.17) is 0 Å². The van der Waals surface area contributed by atoms with E-state index in [1.807, 2.05) is 18.7 Å². The molecule has 0 saturated carbocycles. The van der Waals surface area contributed by atoms with Gasteiger partial charge < -0.3 is 9.88 Å². The van der Waals surface area contributed by atoms with Crippen LogP contribution in [0.2, 0.25) is 0 Å². The zero-order valence-corrected chi connectivity index (χ0v) is 8.77. The average molecular weight is 205 g/mol. The number of aromatic amines is 1. The third-order valence-corrected chi connectivity index (χ3v) is 2.23. The van der Waals surface area contributed by atoms with Gasteiger partial charge in [0, 0.05) is 18.9 Å². The van der Waals surface area contributed by atoms with E-state index in [1.165, 1.54) is 5.69 Å². The van der Waals surface area contributed by atoms with E-state index in [2.05, 4.69) is 32.0 Å². The summed E-state index contributed by atoms with van der Waals surface area (Å²) in [6, 6.07) is 0. The lowest BCUT2D eigenvalue weighted by Crippen LogP contribution is -2.06. The molecule has 0 bridgehead atoms. The number of imidazole rings is 1. The molecule has 0 aromatic carbocycles. The van der Waals surface area contributed by atoms with Crippen LogP contribution in [-0.2, 0) is 13.1 Å². The van der Waals surface area contributed by atoms with Gasteiger partial charge >= 0.3 is 0 Å². The van der Waals surface area contributed by atoms with Gasteiger partial charge in [-0.05, 0) is 6.42 Å². The van der Waals surface area contributed by atoms with Crippen LogP contribution in [0.4, 0.5) is 5.69 Å². The molecule has 0 unspecified atom stereocenters. The van der Waals surface area contributed by atoms with Crippen LogP contribution in [-0.4, -0.2) is 19.7 Å². The van der Waals surface area contributed by atoms with Gasteiger partial charge in [-0.2, -0.15) is 5.10 Å². The SMILES string of the molecule is CCCn1cncc1CNc1cn[nH]c1. The van der Waals surface area contributed by atoms with Gasteiger partial charge in [0.2, 0.25) is 0 Å². The molecule has 15 heavy (non-hydrogen) atoms. The average Bonchev–Trinajstić information content (AvgIpc) is 2.85. The lowest BCUT2D eigenvalue weighted by atomic mass is 10.4. The van der Waals surface area contributed by atoms with Crippen molar-refractivity contribution in [2.24, 2.45) is 0 Å². The summed E-state index contributed by atoms with van der Waals surface area (Å²) in [7, 11) is 0. The smallest absolute Gasteiger partial charge is 0.0948 e. The van der Waals surface area contributed by atoms with Crippen LogP contribution in [0.5, 0.6) is 0 Å². The topological polar surface area (TPSA) is 58.5 Å². The Bertz CT molecular complexity index is 390. The van der Waals surface area contributed by atoms with E-state index < -0.39 is 0 Å². The van der Waals surface area contributed by atoms with Gasteiger partial charge in [0.15, 0.2) is 0 Å². The molecule has 0 saturated heterocycles. The first-order valence-corrected chi connectivity index (χ1v) is 5.12. The number of hydrogen-bond acceptors (Lipinski definition) is 3. The predicted octanol–water partition coefficient (Wildman–Crippen LogP) is 1.63. The summed E-state index contributed by atoms with van der Waals surface area (Å²) in [5, 5.41) is 9.91. The minimum Gasteiger partial charge on any atom is -0.377 e. The Hall–Kier alpha value is -1.78. The minimum atomic E-state index is 0.777. The van der Waals surface area contributed by atoms with Gasteiger partial charge in [-0.25, -0.2) is 4.98 Å². The summed E-state index contributed by atoms with van der Waals surface area (Å²) in [4.78, 5) is 4.14. The van der Waals surface area contributed by atoms with Gasteiger partial charge in [0.05, 0.1) is 30.5 Å². The van der Waals surface area contributed by atoms with Crippen LogP contribution in [0.1, 0.15) is 19.0 Å². The highest BCUT2D eigenvalue weighted by atomic mass is 15.1.